The van der Waals surface area contributed by atoms with Gasteiger partial charge in [-0.2, -0.15) is 5.10 Å². The standard InChI is InChI=1S/C9H14N4O4/c14-6-7(8(15)16)12-9(17)10-3-5-13-4-1-2-11-13/h1-2,4,7,14H,3,5-6H2,(H,15,16)(H2,10,12,17)/t7-/m1/s1. The Labute approximate surface area is 97.2 Å². The summed E-state index contributed by atoms with van der Waals surface area (Å²) in [6.07, 6.45) is 3.36. The normalized spacial score (nSPS) is 11.8. The number of aromatic nitrogens is 2. The first-order valence-electron chi connectivity index (χ1n) is 4.99. The number of nitrogens with zero attached hydrogens (tertiary/aromatic N) is 2. The van der Waals surface area contributed by atoms with Gasteiger partial charge in [0.05, 0.1) is 13.2 Å². The number of carboxylic acid groups (broad SMARTS) is 1. The van der Waals surface area contributed by atoms with E-state index in [0.29, 0.717) is 13.1 Å². The number of rotatable bonds is 6. The lowest BCUT2D eigenvalue weighted by Crippen LogP contribution is -2.48. The number of hydrogen-bond acceptors (Lipinski definition) is 4. The number of carbonyl (C=O) groups is 2. The van der Waals surface area contributed by atoms with Crippen molar-refractivity contribution in [3.05, 3.63) is 18.5 Å². The van der Waals surface area contributed by atoms with E-state index in [2.05, 4.69) is 15.7 Å². The van der Waals surface area contributed by atoms with Crippen LogP contribution in [0.2, 0.25) is 0 Å². The Morgan fingerprint density at radius 2 is 2.24 bits per heavy atom. The Bertz CT molecular complexity index is 365. The molecule has 1 rings (SSSR count). The second kappa shape index (κ2) is 6.48. The van der Waals surface area contributed by atoms with Gasteiger partial charge in [-0.3, -0.25) is 4.68 Å². The molecule has 1 aromatic rings. The van der Waals surface area contributed by atoms with E-state index in [1.165, 1.54) is 0 Å². The van der Waals surface area contributed by atoms with E-state index in [1.54, 1.807) is 23.1 Å². The SMILES string of the molecule is O=C(NCCn1cccn1)N[C@H](CO)C(=O)O. The van der Waals surface area contributed by atoms with Gasteiger partial charge in [0, 0.05) is 18.9 Å². The minimum Gasteiger partial charge on any atom is -0.480 e. The monoisotopic (exact) mass is 242 g/mol. The van der Waals surface area contributed by atoms with Crippen molar-refractivity contribution in [1.82, 2.24) is 20.4 Å². The minimum atomic E-state index is -1.29. The van der Waals surface area contributed by atoms with Gasteiger partial charge in [0.15, 0.2) is 6.04 Å². The molecule has 0 aliphatic heterocycles. The quantitative estimate of drug-likeness (QED) is 0.491. The van der Waals surface area contributed by atoms with Crippen LogP contribution >= 0.6 is 0 Å². The first kappa shape index (κ1) is 13.0. The highest BCUT2D eigenvalue weighted by atomic mass is 16.4. The van der Waals surface area contributed by atoms with Crippen LogP contribution in [0.3, 0.4) is 0 Å². The summed E-state index contributed by atoms with van der Waals surface area (Å²) in [4.78, 5) is 21.7. The molecule has 4 N–H and O–H groups in total. The molecule has 0 spiro atoms. The van der Waals surface area contributed by atoms with Crippen molar-refractivity contribution in [1.29, 1.82) is 0 Å². The summed E-state index contributed by atoms with van der Waals surface area (Å²) >= 11 is 0. The summed E-state index contributed by atoms with van der Waals surface area (Å²) in [7, 11) is 0. The smallest absolute Gasteiger partial charge is 0.328 e. The van der Waals surface area contributed by atoms with Crippen LogP contribution in [0.15, 0.2) is 18.5 Å². The van der Waals surface area contributed by atoms with E-state index < -0.39 is 24.6 Å². The third kappa shape index (κ3) is 4.51. The molecule has 0 aliphatic rings. The second-order valence-corrected chi connectivity index (χ2v) is 3.24. The average Bonchev–Trinajstić information content (AvgIpc) is 2.78. The fourth-order valence-electron chi connectivity index (χ4n) is 1.11. The van der Waals surface area contributed by atoms with Crippen LogP contribution in [0.25, 0.3) is 0 Å². The third-order valence-corrected chi connectivity index (χ3v) is 1.97. The lowest BCUT2D eigenvalue weighted by atomic mass is 10.3. The lowest BCUT2D eigenvalue weighted by molar-refractivity contribution is -0.140. The van der Waals surface area contributed by atoms with E-state index in [9.17, 15) is 9.59 Å². The predicted molar refractivity (Wildman–Crippen MR) is 57.3 cm³/mol. The number of nitrogens with one attached hydrogen (secondary N) is 2. The number of hydrogen-bond donors (Lipinski definition) is 4. The van der Waals surface area contributed by atoms with Crippen LogP contribution in [-0.2, 0) is 11.3 Å². The molecule has 0 unspecified atom stereocenters. The molecule has 0 saturated carbocycles. The first-order valence-corrected chi connectivity index (χ1v) is 4.99. The van der Waals surface area contributed by atoms with Crippen molar-refractivity contribution < 1.29 is 19.8 Å². The van der Waals surface area contributed by atoms with Crippen molar-refractivity contribution >= 4 is 12.0 Å². The number of aliphatic carboxylic acids is 1. The fourth-order valence-corrected chi connectivity index (χ4v) is 1.11. The molecule has 0 aromatic carbocycles. The van der Waals surface area contributed by atoms with Gasteiger partial charge in [0.2, 0.25) is 0 Å². The van der Waals surface area contributed by atoms with Gasteiger partial charge >= 0.3 is 12.0 Å². The molecule has 17 heavy (non-hydrogen) atoms. The lowest BCUT2D eigenvalue weighted by Gasteiger charge is -2.12. The fraction of sp³-hybridized carbons (Fsp3) is 0.444. The van der Waals surface area contributed by atoms with Crippen molar-refractivity contribution in [2.24, 2.45) is 0 Å². The summed E-state index contributed by atoms with van der Waals surface area (Å²) < 4.78 is 1.63. The Morgan fingerprint density at radius 3 is 2.76 bits per heavy atom. The summed E-state index contributed by atoms with van der Waals surface area (Å²) in [5, 5.41) is 25.8. The van der Waals surface area contributed by atoms with Gasteiger partial charge in [-0.05, 0) is 6.07 Å². The van der Waals surface area contributed by atoms with Gasteiger partial charge in [-0.1, -0.05) is 0 Å². The molecule has 1 aromatic heterocycles. The van der Waals surface area contributed by atoms with Crippen LogP contribution in [0, 0.1) is 0 Å². The second-order valence-electron chi connectivity index (χ2n) is 3.24. The van der Waals surface area contributed by atoms with Crippen LogP contribution < -0.4 is 10.6 Å². The van der Waals surface area contributed by atoms with Crippen LogP contribution in [0.1, 0.15) is 0 Å². The van der Waals surface area contributed by atoms with Crippen molar-refractivity contribution in [3.8, 4) is 0 Å². The summed E-state index contributed by atoms with van der Waals surface area (Å²) in [6, 6.07) is -0.176. The molecule has 94 valence electrons. The van der Waals surface area contributed by atoms with E-state index in [-0.39, 0.29) is 0 Å². The minimum absolute atomic E-state index is 0.311. The van der Waals surface area contributed by atoms with Crippen molar-refractivity contribution in [2.75, 3.05) is 13.2 Å². The maximum atomic E-state index is 11.2. The molecule has 1 atom stereocenters. The number of carbonyl (C=O) groups excluding carboxylic acids is 1. The number of amides is 2. The molecule has 8 nitrogen and oxygen atoms in total. The summed E-state index contributed by atoms with van der Waals surface area (Å²) in [5.74, 6) is -1.28. The summed E-state index contributed by atoms with van der Waals surface area (Å²) in [5.41, 5.74) is 0. The zero-order valence-electron chi connectivity index (χ0n) is 9.04. The number of aliphatic hydroxyl groups is 1. The maximum absolute atomic E-state index is 11.2. The molecule has 0 bridgehead atoms. The molecule has 0 radical (unpaired) electrons. The van der Waals surface area contributed by atoms with E-state index in [4.69, 9.17) is 10.2 Å². The van der Waals surface area contributed by atoms with Crippen molar-refractivity contribution in [2.45, 2.75) is 12.6 Å². The molecule has 0 saturated heterocycles. The number of aliphatic hydroxyl groups excluding tert-OH is 1. The number of carboxylic acids is 1. The van der Waals surface area contributed by atoms with Gasteiger partial charge < -0.3 is 20.8 Å². The molecule has 1 heterocycles. The van der Waals surface area contributed by atoms with E-state index in [0.717, 1.165) is 0 Å². The molecule has 0 aliphatic carbocycles. The largest absolute Gasteiger partial charge is 0.480 e. The summed E-state index contributed by atoms with van der Waals surface area (Å²) in [6.45, 7) is 0.143. The van der Waals surface area contributed by atoms with Crippen LogP contribution in [-0.4, -0.2) is 51.2 Å². The Morgan fingerprint density at radius 1 is 1.47 bits per heavy atom. The van der Waals surface area contributed by atoms with Gasteiger partial charge in [-0.25, -0.2) is 9.59 Å². The first-order chi connectivity index (χ1) is 8.13. The topological polar surface area (TPSA) is 116 Å². The zero-order chi connectivity index (χ0) is 12.7. The molecule has 8 heteroatoms. The maximum Gasteiger partial charge on any atom is 0.328 e. The zero-order valence-corrected chi connectivity index (χ0v) is 9.04. The van der Waals surface area contributed by atoms with Gasteiger partial charge in [0.25, 0.3) is 0 Å². The van der Waals surface area contributed by atoms with E-state index >= 15 is 0 Å². The highest BCUT2D eigenvalue weighted by Crippen LogP contribution is 1.84. The van der Waals surface area contributed by atoms with Gasteiger partial charge in [-0.15, -0.1) is 0 Å². The molecule has 2 amide bonds. The Balaban J connectivity index is 2.23. The molecular formula is C9H14N4O4. The highest BCUT2D eigenvalue weighted by molar-refractivity contribution is 5.82. The molecular weight excluding hydrogens is 228 g/mol. The number of urea groups is 1. The van der Waals surface area contributed by atoms with Crippen LogP contribution in [0.4, 0.5) is 4.79 Å². The average molecular weight is 242 g/mol. The van der Waals surface area contributed by atoms with E-state index in [1.807, 2.05) is 0 Å². The van der Waals surface area contributed by atoms with Crippen molar-refractivity contribution in [3.63, 3.8) is 0 Å². The Hall–Kier alpha value is -2.09. The van der Waals surface area contributed by atoms with Gasteiger partial charge in [0.1, 0.15) is 0 Å². The Kier molecular flexibility index (Phi) is 4.95. The van der Waals surface area contributed by atoms with Crippen LogP contribution in [0.5, 0.6) is 0 Å². The third-order valence-electron chi connectivity index (χ3n) is 1.97. The molecule has 0 fully saturated rings. The highest BCUT2D eigenvalue weighted by Gasteiger charge is 2.17. The predicted octanol–water partition coefficient (Wildman–Crippen LogP) is -1.37.